The number of carbonyl (C=O) groups is 3. The number of aromatic nitrogens is 2. The van der Waals surface area contributed by atoms with Crippen LogP contribution in [0.15, 0.2) is 77.4 Å². The van der Waals surface area contributed by atoms with E-state index in [4.69, 9.17) is 9.15 Å². The van der Waals surface area contributed by atoms with Crippen molar-refractivity contribution in [2.45, 2.75) is 6.92 Å². The summed E-state index contributed by atoms with van der Waals surface area (Å²) in [6.45, 7) is 1.10. The minimum Gasteiger partial charge on any atom is -0.454 e. The topological polar surface area (TPSA) is 113 Å². The molecule has 9 nitrogen and oxygen atoms in total. The molecule has 1 N–H and O–H groups in total. The minimum atomic E-state index is -0.900. The number of carbonyl (C=O) groups excluding carboxylic acids is 3. The highest BCUT2D eigenvalue weighted by atomic mass is 16.6. The van der Waals surface area contributed by atoms with Crippen molar-refractivity contribution < 1.29 is 28.3 Å². The number of fused-ring (bicyclic) bond motifs is 1. The second-order valence-corrected chi connectivity index (χ2v) is 7.07. The fourth-order valence-electron chi connectivity index (χ4n) is 3.17. The summed E-state index contributed by atoms with van der Waals surface area (Å²) in [4.78, 5) is 35.0. The van der Waals surface area contributed by atoms with Gasteiger partial charge >= 0.3 is 12.1 Å². The van der Waals surface area contributed by atoms with Crippen molar-refractivity contribution in [3.05, 3.63) is 78.5 Å². The van der Waals surface area contributed by atoms with Crippen molar-refractivity contribution in [2.24, 2.45) is 0 Å². The second-order valence-electron chi connectivity index (χ2n) is 7.07. The first-order chi connectivity index (χ1) is 16.5. The number of para-hydroxylation sites is 2. The monoisotopic (exact) mass is 459 g/mol. The fraction of sp³-hybridized carbons (Fsp3) is 0.120. The van der Waals surface area contributed by atoms with Gasteiger partial charge in [0.05, 0.1) is 12.3 Å². The third-order valence-corrected chi connectivity index (χ3v) is 4.68. The molecule has 2 amide bonds. The number of alkyl carbamates (subject to hydrolysis) is 1. The van der Waals surface area contributed by atoms with Gasteiger partial charge in [0, 0.05) is 23.2 Å². The largest absolute Gasteiger partial charge is 0.454 e. The quantitative estimate of drug-likeness (QED) is 0.327. The fourth-order valence-corrected chi connectivity index (χ4v) is 3.17. The van der Waals surface area contributed by atoms with Crippen molar-refractivity contribution in [3.63, 3.8) is 0 Å². The lowest BCUT2D eigenvalue weighted by atomic mass is 10.2. The molecule has 34 heavy (non-hydrogen) atoms. The molecular formula is C25H21N3O6. The zero-order valence-electron chi connectivity index (χ0n) is 18.3. The maximum absolute atomic E-state index is 12.1. The summed E-state index contributed by atoms with van der Waals surface area (Å²) in [7, 11) is 0. The van der Waals surface area contributed by atoms with E-state index in [1.807, 2.05) is 66.0 Å². The molecule has 2 aromatic heterocycles. The van der Waals surface area contributed by atoms with Crippen LogP contribution in [0.3, 0.4) is 0 Å². The van der Waals surface area contributed by atoms with Crippen molar-refractivity contribution in [3.8, 4) is 17.1 Å². The maximum atomic E-state index is 12.1. The van der Waals surface area contributed by atoms with Gasteiger partial charge in [-0.15, -0.1) is 0 Å². The molecule has 2 heterocycles. The Morgan fingerprint density at radius 2 is 1.82 bits per heavy atom. The van der Waals surface area contributed by atoms with Gasteiger partial charge in [-0.25, -0.2) is 14.3 Å². The summed E-state index contributed by atoms with van der Waals surface area (Å²) in [5.41, 5.74) is 2.69. The van der Waals surface area contributed by atoms with Gasteiger partial charge in [0.1, 0.15) is 11.3 Å². The van der Waals surface area contributed by atoms with E-state index in [1.54, 1.807) is 17.8 Å². The Balaban J connectivity index is 1.54. The van der Waals surface area contributed by atoms with Gasteiger partial charge in [-0.3, -0.25) is 10.1 Å². The number of amides is 2. The van der Waals surface area contributed by atoms with E-state index in [2.05, 4.69) is 9.84 Å². The van der Waals surface area contributed by atoms with Crippen LogP contribution in [0.5, 0.6) is 0 Å². The average Bonchev–Trinajstić information content (AvgIpc) is 3.46. The molecule has 0 radical (unpaired) electrons. The zero-order chi connectivity index (χ0) is 23.9. The Labute approximate surface area is 194 Å². The lowest BCUT2D eigenvalue weighted by Crippen LogP contribution is -2.34. The molecule has 0 spiro atoms. The van der Waals surface area contributed by atoms with Crippen LogP contribution < -0.4 is 5.32 Å². The van der Waals surface area contributed by atoms with Gasteiger partial charge in [-0.2, -0.15) is 5.10 Å². The second kappa shape index (κ2) is 10.3. The number of hydrogen-bond acceptors (Lipinski definition) is 7. The van der Waals surface area contributed by atoms with Gasteiger partial charge in [0.15, 0.2) is 12.4 Å². The molecule has 4 aromatic rings. The molecule has 2 aromatic carbocycles. The summed E-state index contributed by atoms with van der Waals surface area (Å²) in [6.07, 6.45) is 3.56. The summed E-state index contributed by atoms with van der Waals surface area (Å²) in [5, 5.41) is 7.52. The first kappa shape index (κ1) is 22.5. The Kier molecular flexibility index (Phi) is 6.83. The Morgan fingerprint density at radius 1 is 1.06 bits per heavy atom. The zero-order valence-corrected chi connectivity index (χ0v) is 18.3. The van der Waals surface area contributed by atoms with Crippen LogP contribution in [0.1, 0.15) is 12.5 Å². The van der Waals surface area contributed by atoms with E-state index in [0.717, 1.165) is 11.1 Å². The van der Waals surface area contributed by atoms with E-state index in [1.165, 1.54) is 12.2 Å². The van der Waals surface area contributed by atoms with Gasteiger partial charge in [0.25, 0.3) is 5.91 Å². The third kappa shape index (κ3) is 5.39. The van der Waals surface area contributed by atoms with Gasteiger partial charge < -0.3 is 13.9 Å². The molecule has 0 saturated heterocycles. The Hall–Kier alpha value is -4.66. The van der Waals surface area contributed by atoms with E-state index < -0.39 is 24.6 Å². The van der Waals surface area contributed by atoms with Crippen LogP contribution in [-0.2, 0) is 19.1 Å². The number of imide groups is 1. The van der Waals surface area contributed by atoms with Crippen molar-refractivity contribution >= 4 is 35.0 Å². The molecule has 0 unspecified atom stereocenters. The lowest BCUT2D eigenvalue weighted by Gasteiger charge is -2.03. The molecule has 172 valence electrons. The molecule has 0 saturated carbocycles. The molecule has 4 rings (SSSR count). The van der Waals surface area contributed by atoms with E-state index >= 15 is 0 Å². The predicted octanol–water partition coefficient (Wildman–Crippen LogP) is 4.11. The van der Waals surface area contributed by atoms with E-state index in [9.17, 15) is 14.4 Å². The summed E-state index contributed by atoms with van der Waals surface area (Å²) >= 11 is 0. The Morgan fingerprint density at radius 3 is 2.59 bits per heavy atom. The molecule has 0 bridgehead atoms. The number of benzene rings is 2. The minimum absolute atomic E-state index is 0.117. The summed E-state index contributed by atoms with van der Waals surface area (Å²) in [5.74, 6) is -1.01. The SMILES string of the molecule is CCOC(=O)NC(=O)COC(=O)C=Cc1cn(-c2ccccc2)nc1-c1cc2ccccc2o1. The molecule has 0 aliphatic heterocycles. The Bertz CT molecular complexity index is 1320. The molecule has 0 fully saturated rings. The first-order valence-corrected chi connectivity index (χ1v) is 10.5. The lowest BCUT2D eigenvalue weighted by molar-refractivity contribution is -0.143. The van der Waals surface area contributed by atoms with Crippen LogP contribution in [0.4, 0.5) is 4.79 Å². The normalized spacial score (nSPS) is 11.0. The number of nitrogens with one attached hydrogen (secondary N) is 1. The first-order valence-electron chi connectivity index (χ1n) is 10.5. The smallest absolute Gasteiger partial charge is 0.413 e. The highest BCUT2D eigenvalue weighted by Crippen LogP contribution is 2.30. The van der Waals surface area contributed by atoms with E-state index in [0.29, 0.717) is 22.6 Å². The third-order valence-electron chi connectivity index (χ3n) is 4.68. The number of ether oxygens (including phenoxy) is 2. The molecule has 9 heteroatoms. The standard InChI is InChI=1S/C25H21N3O6/c1-2-32-25(31)26-22(29)16-33-23(30)13-12-18-15-28(19-9-4-3-5-10-19)27-24(18)21-14-17-8-6-7-11-20(17)34-21/h3-15H,2,16H2,1H3,(H,26,29,31). The van der Waals surface area contributed by atoms with Gasteiger partial charge in [-0.1, -0.05) is 36.4 Å². The number of esters is 1. The highest BCUT2D eigenvalue weighted by Gasteiger charge is 2.16. The van der Waals surface area contributed by atoms with Gasteiger partial charge in [0.2, 0.25) is 0 Å². The molecule has 0 aliphatic carbocycles. The molecular weight excluding hydrogens is 438 g/mol. The number of furan rings is 1. The molecule has 0 atom stereocenters. The maximum Gasteiger partial charge on any atom is 0.413 e. The predicted molar refractivity (Wildman–Crippen MR) is 124 cm³/mol. The van der Waals surface area contributed by atoms with Crippen LogP contribution >= 0.6 is 0 Å². The van der Waals surface area contributed by atoms with Crippen molar-refractivity contribution in [1.29, 1.82) is 0 Å². The number of rotatable bonds is 7. The van der Waals surface area contributed by atoms with Crippen LogP contribution in [-0.4, -0.2) is 41.0 Å². The molecule has 0 aliphatic rings. The summed E-state index contributed by atoms with van der Waals surface area (Å²) < 4.78 is 17.1. The van der Waals surface area contributed by atoms with Gasteiger partial charge in [-0.05, 0) is 37.3 Å². The van der Waals surface area contributed by atoms with Crippen LogP contribution in [0.25, 0.3) is 34.2 Å². The van der Waals surface area contributed by atoms with Crippen molar-refractivity contribution in [1.82, 2.24) is 15.1 Å². The number of nitrogens with zero attached hydrogens (tertiary/aromatic N) is 2. The average molecular weight is 459 g/mol. The summed E-state index contributed by atoms with van der Waals surface area (Å²) in [6, 6.07) is 19.0. The van der Waals surface area contributed by atoms with E-state index in [-0.39, 0.29) is 6.61 Å². The van der Waals surface area contributed by atoms with Crippen molar-refractivity contribution in [2.75, 3.05) is 13.2 Å². The number of hydrogen-bond donors (Lipinski definition) is 1. The van der Waals surface area contributed by atoms with Crippen LogP contribution in [0, 0.1) is 0 Å². The highest BCUT2D eigenvalue weighted by molar-refractivity contribution is 5.95. The van der Waals surface area contributed by atoms with Crippen LogP contribution in [0.2, 0.25) is 0 Å².